The highest BCUT2D eigenvalue weighted by atomic mass is 35.5. The fourth-order valence-electron chi connectivity index (χ4n) is 3.59. The third kappa shape index (κ3) is 4.05. The summed E-state index contributed by atoms with van der Waals surface area (Å²) in [5, 5.41) is 13.8. The van der Waals surface area contributed by atoms with Gasteiger partial charge in [0.2, 0.25) is 0 Å². The molecule has 1 aliphatic carbocycles. The highest BCUT2D eigenvalue weighted by Gasteiger charge is 2.34. The van der Waals surface area contributed by atoms with Crippen molar-refractivity contribution in [2.45, 2.75) is 31.5 Å². The quantitative estimate of drug-likeness (QED) is 0.690. The first-order valence-corrected chi connectivity index (χ1v) is 9.49. The number of carbonyl (C=O) groups excluding carboxylic acids is 1. The maximum atomic E-state index is 12.5. The number of benzene rings is 1. The number of hydrogen-bond donors (Lipinski definition) is 2. The minimum Gasteiger partial charge on any atom is -0.391 e. The average molecular weight is 398 g/mol. The van der Waals surface area contributed by atoms with Crippen LogP contribution in [0.3, 0.4) is 0 Å². The summed E-state index contributed by atoms with van der Waals surface area (Å²) < 4.78 is 1.99. The lowest BCUT2D eigenvalue weighted by molar-refractivity contribution is 0.0872. The van der Waals surface area contributed by atoms with Crippen LogP contribution < -0.4 is 5.32 Å². The summed E-state index contributed by atoms with van der Waals surface area (Å²) in [5.74, 6) is 0.454. The van der Waals surface area contributed by atoms with Gasteiger partial charge in [-0.05, 0) is 30.9 Å². The average Bonchev–Trinajstić information content (AvgIpc) is 3.32. The summed E-state index contributed by atoms with van der Waals surface area (Å²) in [6, 6.07) is 6.99. The van der Waals surface area contributed by atoms with Crippen LogP contribution in [0.1, 0.15) is 23.2 Å². The third-order valence-electron chi connectivity index (χ3n) is 5.00. The maximum absolute atomic E-state index is 12.5. The normalized spacial score (nSPS) is 21.6. The monoisotopic (exact) mass is 397 g/mol. The summed E-state index contributed by atoms with van der Waals surface area (Å²) in [6.07, 6.45) is 9.13. The molecule has 7 nitrogen and oxygen atoms in total. The lowest BCUT2D eigenvalue weighted by Crippen LogP contribution is -2.40. The van der Waals surface area contributed by atoms with E-state index in [2.05, 4.69) is 20.3 Å². The lowest BCUT2D eigenvalue weighted by Gasteiger charge is -2.16. The number of hydrogen-bond acceptors (Lipinski definition) is 5. The number of carbonyl (C=O) groups is 1. The van der Waals surface area contributed by atoms with Crippen molar-refractivity contribution < 1.29 is 9.90 Å². The molecule has 1 aromatic carbocycles. The van der Waals surface area contributed by atoms with Gasteiger partial charge in [0.1, 0.15) is 0 Å². The van der Waals surface area contributed by atoms with E-state index in [1.807, 2.05) is 29.0 Å². The molecular weight excluding hydrogens is 378 g/mol. The van der Waals surface area contributed by atoms with Gasteiger partial charge in [-0.1, -0.05) is 23.7 Å². The summed E-state index contributed by atoms with van der Waals surface area (Å²) in [6.45, 7) is 0.777. The molecule has 144 valence electrons. The molecule has 2 aromatic heterocycles. The first-order chi connectivity index (χ1) is 13.6. The van der Waals surface area contributed by atoms with Crippen LogP contribution in [0, 0.1) is 5.92 Å². The number of rotatable bonds is 5. The van der Waals surface area contributed by atoms with E-state index in [-0.39, 0.29) is 17.9 Å². The molecule has 3 aromatic rings. The summed E-state index contributed by atoms with van der Waals surface area (Å²) >= 11 is 6.16. The van der Waals surface area contributed by atoms with E-state index in [0.717, 1.165) is 6.54 Å². The van der Waals surface area contributed by atoms with Crippen LogP contribution in [0.25, 0.3) is 11.4 Å². The molecule has 8 heteroatoms. The second kappa shape index (κ2) is 8.08. The molecule has 28 heavy (non-hydrogen) atoms. The number of nitrogens with one attached hydrogen (secondary N) is 1. The standard InChI is InChI=1S/C20H20ClN5O2/c21-16-4-2-1-3-15(16)19-23-9-14(10-24-19)20(28)25-17-7-13(8-18(17)27)11-26-6-5-22-12-26/h1-6,9-10,12-13,17-18,27H,7-8,11H2,(H,25,28)/t13?,17-,18-/m1/s1. The Hall–Kier alpha value is -2.77. The Morgan fingerprint density at radius 2 is 2.04 bits per heavy atom. The summed E-state index contributed by atoms with van der Waals surface area (Å²) in [7, 11) is 0. The number of aliphatic hydroxyl groups excluding tert-OH is 1. The fourth-order valence-corrected chi connectivity index (χ4v) is 3.81. The first kappa shape index (κ1) is 18.6. The van der Waals surface area contributed by atoms with Crippen LogP contribution in [0.4, 0.5) is 0 Å². The van der Waals surface area contributed by atoms with E-state index in [9.17, 15) is 9.90 Å². The van der Waals surface area contributed by atoms with Gasteiger partial charge in [0, 0.05) is 36.9 Å². The van der Waals surface area contributed by atoms with E-state index < -0.39 is 6.10 Å². The van der Waals surface area contributed by atoms with Crippen LogP contribution in [0.15, 0.2) is 55.4 Å². The highest BCUT2D eigenvalue weighted by Crippen LogP contribution is 2.28. The number of aromatic nitrogens is 4. The summed E-state index contributed by atoms with van der Waals surface area (Å²) in [4.78, 5) is 25.1. The van der Waals surface area contributed by atoms with Crippen molar-refractivity contribution in [2.24, 2.45) is 5.92 Å². The van der Waals surface area contributed by atoms with E-state index in [1.54, 1.807) is 18.6 Å². The van der Waals surface area contributed by atoms with Gasteiger partial charge in [0.25, 0.3) is 5.91 Å². The molecule has 1 unspecified atom stereocenters. The van der Waals surface area contributed by atoms with Gasteiger partial charge < -0.3 is 15.0 Å². The SMILES string of the molecule is O=C(N[C@@H]1CC(Cn2ccnc2)C[C@H]1O)c1cnc(-c2ccccc2Cl)nc1. The van der Waals surface area contributed by atoms with Crippen molar-refractivity contribution in [3.63, 3.8) is 0 Å². The largest absolute Gasteiger partial charge is 0.391 e. The van der Waals surface area contributed by atoms with E-state index >= 15 is 0 Å². The number of imidazole rings is 1. The van der Waals surface area contributed by atoms with Crippen molar-refractivity contribution in [1.29, 1.82) is 0 Å². The van der Waals surface area contributed by atoms with Crippen molar-refractivity contribution >= 4 is 17.5 Å². The number of aliphatic hydroxyl groups is 1. The van der Waals surface area contributed by atoms with Gasteiger partial charge >= 0.3 is 0 Å². The Morgan fingerprint density at radius 3 is 2.75 bits per heavy atom. The smallest absolute Gasteiger partial charge is 0.254 e. The van der Waals surface area contributed by atoms with Crippen LogP contribution >= 0.6 is 11.6 Å². The Morgan fingerprint density at radius 1 is 1.25 bits per heavy atom. The van der Waals surface area contributed by atoms with Crippen molar-refractivity contribution in [3.05, 3.63) is 66.0 Å². The Kier molecular flexibility index (Phi) is 5.36. The van der Waals surface area contributed by atoms with Crippen LogP contribution in [0.5, 0.6) is 0 Å². The predicted molar refractivity (Wildman–Crippen MR) is 105 cm³/mol. The molecule has 2 heterocycles. The first-order valence-electron chi connectivity index (χ1n) is 9.12. The van der Waals surface area contributed by atoms with E-state index in [0.29, 0.717) is 34.8 Å². The molecule has 0 aliphatic heterocycles. The predicted octanol–water partition coefficient (Wildman–Crippen LogP) is 2.56. The Labute approximate surface area is 167 Å². The van der Waals surface area contributed by atoms with Crippen molar-refractivity contribution in [3.8, 4) is 11.4 Å². The molecule has 2 N–H and O–H groups in total. The fraction of sp³-hybridized carbons (Fsp3) is 0.300. The molecule has 0 spiro atoms. The lowest BCUT2D eigenvalue weighted by atomic mass is 10.1. The maximum Gasteiger partial charge on any atom is 0.254 e. The Bertz CT molecular complexity index is 945. The number of nitrogens with zero attached hydrogens (tertiary/aromatic N) is 4. The topological polar surface area (TPSA) is 92.9 Å². The van der Waals surface area contributed by atoms with Crippen LogP contribution in [-0.2, 0) is 6.54 Å². The third-order valence-corrected chi connectivity index (χ3v) is 5.33. The van der Waals surface area contributed by atoms with E-state index in [1.165, 1.54) is 12.4 Å². The molecule has 1 saturated carbocycles. The zero-order valence-corrected chi connectivity index (χ0v) is 15.8. The second-order valence-electron chi connectivity index (χ2n) is 7.02. The molecule has 1 aliphatic rings. The van der Waals surface area contributed by atoms with Gasteiger partial charge in [-0.2, -0.15) is 0 Å². The van der Waals surface area contributed by atoms with Crippen LogP contribution in [-0.4, -0.2) is 42.7 Å². The molecule has 3 atom stereocenters. The number of halogens is 1. The molecule has 0 radical (unpaired) electrons. The van der Waals surface area contributed by atoms with Gasteiger partial charge in [-0.25, -0.2) is 15.0 Å². The molecule has 0 bridgehead atoms. The molecule has 0 saturated heterocycles. The second-order valence-corrected chi connectivity index (χ2v) is 7.43. The van der Waals surface area contributed by atoms with Gasteiger partial charge in [0.05, 0.1) is 29.1 Å². The van der Waals surface area contributed by atoms with E-state index in [4.69, 9.17) is 11.6 Å². The summed E-state index contributed by atoms with van der Waals surface area (Å²) in [5.41, 5.74) is 1.06. The highest BCUT2D eigenvalue weighted by molar-refractivity contribution is 6.33. The minimum absolute atomic E-state index is 0.286. The molecule has 1 amide bonds. The minimum atomic E-state index is -0.569. The molecule has 1 fully saturated rings. The zero-order chi connectivity index (χ0) is 19.5. The number of amides is 1. The van der Waals surface area contributed by atoms with Gasteiger partial charge in [-0.15, -0.1) is 0 Å². The zero-order valence-electron chi connectivity index (χ0n) is 15.1. The molecule has 4 rings (SSSR count). The van der Waals surface area contributed by atoms with Gasteiger partial charge in [-0.3, -0.25) is 4.79 Å². The molecular formula is C20H20ClN5O2. The van der Waals surface area contributed by atoms with Crippen LogP contribution in [0.2, 0.25) is 5.02 Å². The van der Waals surface area contributed by atoms with Gasteiger partial charge in [0.15, 0.2) is 5.82 Å². The Balaban J connectivity index is 1.39. The van der Waals surface area contributed by atoms with Crippen molar-refractivity contribution in [1.82, 2.24) is 24.8 Å². The van der Waals surface area contributed by atoms with Crippen molar-refractivity contribution in [2.75, 3.05) is 0 Å².